The van der Waals surface area contributed by atoms with Crippen LogP contribution in [0.5, 0.6) is 5.75 Å². The van der Waals surface area contributed by atoms with Crippen LogP contribution in [0.15, 0.2) is 18.2 Å². The monoisotopic (exact) mass is 943 g/mol. The van der Waals surface area contributed by atoms with E-state index in [1.807, 2.05) is 12.1 Å². The Kier molecular flexibility index (Phi) is 30.1. The molecule has 64 heavy (non-hydrogen) atoms. The highest BCUT2D eigenvalue weighted by Gasteiger charge is 2.45. The summed E-state index contributed by atoms with van der Waals surface area (Å²) in [6.07, 6.45) is 12.8. The van der Waals surface area contributed by atoms with Gasteiger partial charge < -0.3 is 49.3 Å². The van der Waals surface area contributed by atoms with Crippen molar-refractivity contribution in [2.45, 2.75) is 181 Å². The van der Waals surface area contributed by atoms with Gasteiger partial charge in [0.05, 0.1) is 50.6 Å². The van der Waals surface area contributed by atoms with E-state index in [-0.39, 0.29) is 51.7 Å². The highest BCUT2D eigenvalue weighted by Crippen LogP contribution is 2.48. The van der Waals surface area contributed by atoms with E-state index in [1.54, 1.807) is 19.9 Å². The minimum absolute atomic E-state index is 0.0283. The van der Waals surface area contributed by atoms with Gasteiger partial charge in [0.15, 0.2) is 8.32 Å². The van der Waals surface area contributed by atoms with E-state index < -0.39 is 58.0 Å². The quantitative estimate of drug-likeness (QED) is 0.0242. The lowest BCUT2D eigenvalue weighted by Crippen LogP contribution is -2.51. The van der Waals surface area contributed by atoms with Gasteiger partial charge in [0, 0.05) is 13.6 Å². The maximum Gasteiger partial charge on any atom is 0.404 e. The van der Waals surface area contributed by atoms with Crippen LogP contribution < -0.4 is 20.7 Å². The first-order valence-electron chi connectivity index (χ1n) is 24.1. The number of carbonyl (C=O) groups excluding carboxylic acids is 3. The third-order valence-electron chi connectivity index (χ3n) is 11.8. The van der Waals surface area contributed by atoms with Crippen LogP contribution in [-0.2, 0) is 34.0 Å². The summed E-state index contributed by atoms with van der Waals surface area (Å²) in [5.41, 5.74) is 2.26. The number of nitrogens with one attached hydrogen (secondary N) is 3. The third-order valence-corrected chi connectivity index (χ3v) is 19.8. The summed E-state index contributed by atoms with van der Waals surface area (Å²) in [6.45, 7) is 18.6. The minimum Gasteiger partial charge on any atom is -0.491 e. The number of rotatable bonds is 37. The predicted octanol–water partition coefficient (Wildman–Crippen LogP) is 9.46. The molecule has 0 saturated carbocycles. The number of carbonyl (C=O) groups is 4. The predicted molar refractivity (Wildman–Crippen MR) is 258 cm³/mol. The van der Waals surface area contributed by atoms with E-state index in [1.165, 1.54) is 58.4 Å². The molecular formula is C47H87N4O11PSi. The molecule has 0 spiro atoms. The zero-order valence-corrected chi connectivity index (χ0v) is 43.0. The van der Waals surface area contributed by atoms with Crippen molar-refractivity contribution in [3.63, 3.8) is 0 Å². The molecule has 0 bridgehead atoms. The number of amides is 4. The van der Waals surface area contributed by atoms with Gasteiger partial charge in [-0.15, -0.1) is 0 Å². The maximum atomic E-state index is 14.1. The Balaban J connectivity index is 3.32. The number of ether oxygens (including phenoxy) is 1. The Labute approximate surface area is 386 Å². The van der Waals surface area contributed by atoms with Gasteiger partial charge in [-0.3, -0.25) is 18.9 Å². The van der Waals surface area contributed by atoms with Crippen LogP contribution in [0.2, 0.25) is 16.6 Å². The van der Waals surface area contributed by atoms with Gasteiger partial charge in [0.1, 0.15) is 18.5 Å². The molecule has 0 aliphatic rings. The molecule has 17 heteroatoms. The molecule has 0 aromatic heterocycles. The first kappa shape index (κ1) is 59.0. The largest absolute Gasteiger partial charge is 0.491 e. The molecule has 0 fully saturated rings. The molecule has 0 radical (unpaired) electrons. The fraction of sp³-hybridized carbons (Fsp3) is 0.787. The number of hydrogen-bond donors (Lipinski definition) is 5. The second-order valence-electron chi connectivity index (χ2n) is 17.9. The topological polar surface area (TPSA) is 202 Å². The molecule has 5 N–H and O–H groups in total. The lowest BCUT2D eigenvalue weighted by atomic mass is 10.0. The summed E-state index contributed by atoms with van der Waals surface area (Å²) in [5.74, 6) is -1.17. The van der Waals surface area contributed by atoms with Crippen LogP contribution in [0.4, 0.5) is 4.79 Å². The summed E-state index contributed by atoms with van der Waals surface area (Å²) in [5, 5.41) is 27.8. The number of benzene rings is 1. The smallest absolute Gasteiger partial charge is 0.404 e. The fourth-order valence-electron chi connectivity index (χ4n) is 8.48. The van der Waals surface area contributed by atoms with Gasteiger partial charge in [-0.1, -0.05) is 112 Å². The molecule has 0 heterocycles. The van der Waals surface area contributed by atoms with E-state index in [2.05, 4.69) is 64.4 Å². The Morgan fingerprint density at radius 3 is 1.88 bits per heavy atom. The second-order valence-corrected chi connectivity index (χ2v) is 25.4. The molecule has 1 aromatic carbocycles. The highest BCUT2D eigenvalue weighted by atomic mass is 31.2. The zero-order chi connectivity index (χ0) is 48.1. The number of unbranched alkanes of at least 4 members (excludes halogenated alkanes) is 10. The summed E-state index contributed by atoms with van der Waals surface area (Å²) < 4.78 is 36.7. The lowest BCUT2D eigenvalue weighted by Gasteiger charge is -2.43. The Bertz CT molecular complexity index is 1520. The molecule has 0 unspecified atom stereocenters. The number of hydrogen-bond acceptors (Lipinski definition) is 10. The van der Waals surface area contributed by atoms with Crippen LogP contribution in [0.3, 0.4) is 0 Å². The Morgan fingerprint density at radius 1 is 0.766 bits per heavy atom. The maximum absolute atomic E-state index is 14.1. The van der Waals surface area contributed by atoms with Crippen LogP contribution in [-0.4, -0.2) is 119 Å². The van der Waals surface area contributed by atoms with Crippen molar-refractivity contribution in [2.75, 3.05) is 59.3 Å². The van der Waals surface area contributed by atoms with Crippen molar-refractivity contribution >= 4 is 39.7 Å². The van der Waals surface area contributed by atoms with Crippen molar-refractivity contribution in [3.8, 4) is 5.75 Å². The van der Waals surface area contributed by atoms with Gasteiger partial charge in [0.25, 0.3) is 5.91 Å². The number of carboxylic acid groups (broad SMARTS) is 1. The molecule has 370 valence electrons. The van der Waals surface area contributed by atoms with Gasteiger partial charge in [-0.25, -0.2) is 4.79 Å². The van der Waals surface area contributed by atoms with Gasteiger partial charge in [0.2, 0.25) is 11.8 Å². The number of nitrogens with zero attached hydrogens (tertiary/aromatic N) is 1. The number of aliphatic hydroxyl groups is 1. The van der Waals surface area contributed by atoms with E-state index >= 15 is 0 Å². The number of likely N-dealkylation sites (N-methyl/N-ethyl adjacent to an activating group) is 1. The van der Waals surface area contributed by atoms with Crippen molar-refractivity contribution in [3.05, 3.63) is 29.3 Å². The molecule has 0 aliphatic carbocycles. The molecule has 0 aliphatic heterocycles. The second kappa shape index (κ2) is 32.6. The van der Waals surface area contributed by atoms with Crippen molar-refractivity contribution in [1.82, 2.24) is 20.9 Å². The van der Waals surface area contributed by atoms with E-state index in [4.69, 9.17) is 23.3 Å². The summed E-state index contributed by atoms with van der Waals surface area (Å²) in [6, 6.07) is 4.32. The summed E-state index contributed by atoms with van der Waals surface area (Å²) >= 11 is 0. The molecule has 15 nitrogen and oxygen atoms in total. The fourth-order valence-corrected chi connectivity index (χ4v) is 15.6. The number of aliphatic hydroxyl groups excluding tert-OH is 1. The van der Waals surface area contributed by atoms with Crippen LogP contribution in [0.1, 0.15) is 162 Å². The van der Waals surface area contributed by atoms with Crippen LogP contribution in [0, 0.1) is 0 Å². The molecule has 1 aromatic rings. The SMILES string of the molecule is CCCCCCCCCCCCc1ccc(C(=O)N[C@H](CO)CO[Si](C(C)C)(C(C)C)C(C)C)c(OC[C@H](CCCCNC(=O)O)NC(=O)CN(C)C(=O)CP(=O)(OCC)OCC)c1. The van der Waals surface area contributed by atoms with E-state index in [0.717, 1.165) is 29.7 Å². The average Bonchev–Trinajstić information content (AvgIpc) is 3.22. The van der Waals surface area contributed by atoms with Crippen molar-refractivity contribution < 1.29 is 52.2 Å². The van der Waals surface area contributed by atoms with Gasteiger partial charge in [-0.05, 0) is 80.3 Å². The standard InChI is InChI=1S/C47H87N4O11PSi/c1-11-14-15-16-17-18-19-20-21-22-25-39-27-28-42(46(55)50-41(32-52)34-62-64(36(4)5,37(6)7)38(8)9)43(30-39)59-33-40(26-23-24-29-48-47(56)57)49-44(53)31-51(10)45(54)35-63(58,60-12-2)61-13-3/h27-28,30,36-38,40-41,48,52H,11-26,29,31-35H2,1-10H3,(H,49,53)(H,50,55)(H,56,57)/t40-,41+/m0/s1. The van der Waals surface area contributed by atoms with Crippen LogP contribution >= 0.6 is 7.60 Å². The first-order valence-corrected chi connectivity index (χ1v) is 28.0. The molecule has 4 amide bonds. The Hall–Kier alpha value is -3.01. The summed E-state index contributed by atoms with van der Waals surface area (Å²) in [7, 11) is -4.54. The molecule has 1 rings (SSSR count). The minimum atomic E-state index is -3.69. The van der Waals surface area contributed by atoms with E-state index in [9.17, 15) is 28.8 Å². The van der Waals surface area contributed by atoms with Gasteiger partial charge in [-0.2, -0.15) is 0 Å². The lowest BCUT2D eigenvalue weighted by molar-refractivity contribution is -0.133. The van der Waals surface area contributed by atoms with Crippen molar-refractivity contribution in [2.24, 2.45) is 0 Å². The number of aryl methyl sites for hydroxylation is 1. The third kappa shape index (κ3) is 22.5. The first-order chi connectivity index (χ1) is 30.4. The van der Waals surface area contributed by atoms with Crippen LogP contribution in [0.25, 0.3) is 0 Å². The normalized spacial score (nSPS) is 13.0. The molecule has 2 atom stereocenters. The molecule has 0 saturated heterocycles. The summed E-state index contributed by atoms with van der Waals surface area (Å²) in [4.78, 5) is 52.7. The highest BCUT2D eigenvalue weighted by molar-refractivity contribution is 7.54. The van der Waals surface area contributed by atoms with Crippen molar-refractivity contribution in [1.29, 1.82) is 0 Å². The van der Waals surface area contributed by atoms with E-state index in [0.29, 0.717) is 41.6 Å². The van der Waals surface area contributed by atoms with Gasteiger partial charge >= 0.3 is 13.7 Å². The zero-order valence-electron chi connectivity index (χ0n) is 41.1. The average molecular weight is 943 g/mol. The Morgan fingerprint density at radius 2 is 1.34 bits per heavy atom. The molecular weight excluding hydrogens is 856 g/mol.